The molecule has 146 valence electrons. The van der Waals surface area contributed by atoms with E-state index in [9.17, 15) is 0 Å². The maximum Gasteiger partial charge on any atom is 0.121 e. The number of hydrogen-bond acceptors (Lipinski definition) is 3. The molecule has 1 saturated heterocycles. The van der Waals surface area contributed by atoms with Crippen LogP contribution in [-0.4, -0.2) is 44.7 Å². The normalized spacial score (nSPS) is 24.7. The zero-order chi connectivity index (χ0) is 18.4. The zero-order valence-corrected chi connectivity index (χ0v) is 17.3. The van der Waals surface area contributed by atoms with Crippen molar-refractivity contribution in [3.05, 3.63) is 23.2 Å². The van der Waals surface area contributed by atoms with Gasteiger partial charge in [0.15, 0.2) is 0 Å². The summed E-state index contributed by atoms with van der Waals surface area (Å²) in [6.45, 7) is 7.97. The van der Waals surface area contributed by atoms with Crippen LogP contribution in [0.2, 0.25) is 5.02 Å². The van der Waals surface area contributed by atoms with E-state index in [1.165, 1.54) is 51.5 Å². The van der Waals surface area contributed by atoms with E-state index >= 15 is 0 Å². The van der Waals surface area contributed by atoms with Crippen molar-refractivity contribution < 1.29 is 4.74 Å². The summed E-state index contributed by atoms with van der Waals surface area (Å²) in [7, 11) is 1.71. The van der Waals surface area contributed by atoms with Crippen molar-refractivity contribution in [3.63, 3.8) is 0 Å². The molecule has 0 radical (unpaired) electrons. The third-order valence-corrected chi connectivity index (χ3v) is 6.70. The van der Waals surface area contributed by atoms with Crippen molar-refractivity contribution in [1.29, 1.82) is 0 Å². The highest BCUT2D eigenvalue weighted by atomic mass is 35.5. The van der Waals surface area contributed by atoms with Gasteiger partial charge in [-0.15, -0.1) is 0 Å². The highest BCUT2D eigenvalue weighted by molar-refractivity contribution is 6.33. The Balaban J connectivity index is 1.40. The molecule has 1 saturated carbocycles. The second-order valence-electron chi connectivity index (χ2n) is 8.11. The van der Waals surface area contributed by atoms with Crippen molar-refractivity contribution in [3.8, 4) is 5.75 Å². The lowest BCUT2D eigenvalue weighted by Crippen LogP contribution is -2.47. The van der Waals surface area contributed by atoms with Gasteiger partial charge in [0.2, 0.25) is 0 Å². The first-order valence-electron chi connectivity index (χ1n) is 10.5. The van der Waals surface area contributed by atoms with E-state index in [1.54, 1.807) is 7.11 Å². The molecule has 0 bridgehead atoms. The summed E-state index contributed by atoms with van der Waals surface area (Å²) in [6, 6.07) is 5.93. The van der Waals surface area contributed by atoms with E-state index < -0.39 is 0 Å². The molecule has 3 nitrogen and oxygen atoms in total. The molecule has 3 rings (SSSR count). The molecule has 0 unspecified atom stereocenters. The molecule has 2 fully saturated rings. The third-order valence-electron chi connectivity index (χ3n) is 6.38. The molecule has 26 heavy (non-hydrogen) atoms. The van der Waals surface area contributed by atoms with Gasteiger partial charge in [0.1, 0.15) is 5.75 Å². The zero-order valence-electron chi connectivity index (χ0n) is 16.6. The van der Waals surface area contributed by atoms with Crippen molar-refractivity contribution in [2.45, 2.75) is 51.9 Å². The van der Waals surface area contributed by atoms with Gasteiger partial charge in [0.25, 0.3) is 0 Å². The fraction of sp³-hybridized carbons (Fsp3) is 0.727. The van der Waals surface area contributed by atoms with E-state index in [0.717, 1.165) is 54.5 Å². The Bertz CT molecular complexity index is 549. The van der Waals surface area contributed by atoms with Crippen molar-refractivity contribution in [1.82, 2.24) is 4.90 Å². The molecule has 4 heteroatoms. The van der Waals surface area contributed by atoms with Crippen molar-refractivity contribution in [2.75, 3.05) is 44.7 Å². The van der Waals surface area contributed by atoms with Crippen molar-refractivity contribution >= 4 is 17.3 Å². The van der Waals surface area contributed by atoms with Gasteiger partial charge in [-0.3, -0.25) is 4.90 Å². The molecular formula is C22H35ClN2O. The summed E-state index contributed by atoms with van der Waals surface area (Å²) in [4.78, 5) is 5.04. The second kappa shape index (κ2) is 9.85. The molecular weight excluding hydrogens is 344 g/mol. The van der Waals surface area contributed by atoms with Gasteiger partial charge in [-0.25, -0.2) is 0 Å². The van der Waals surface area contributed by atoms with Crippen LogP contribution in [0.1, 0.15) is 51.9 Å². The van der Waals surface area contributed by atoms with Crippen LogP contribution in [0.25, 0.3) is 0 Å². The van der Waals surface area contributed by atoms with E-state index in [1.807, 2.05) is 12.1 Å². The average Bonchev–Trinajstić information content (AvgIpc) is 2.69. The fourth-order valence-electron chi connectivity index (χ4n) is 4.66. The molecule has 0 N–H and O–H groups in total. The van der Waals surface area contributed by atoms with Crippen LogP contribution >= 0.6 is 11.6 Å². The van der Waals surface area contributed by atoms with Gasteiger partial charge < -0.3 is 9.64 Å². The lowest BCUT2D eigenvalue weighted by molar-refractivity contribution is 0.200. The van der Waals surface area contributed by atoms with Gasteiger partial charge in [0.05, 0.1) is 17.8 Å². The number of piperazine rings is 1. The van der Waals surface area contributed by atoms with Gasteiger partial charge in [-0.2, -0.15) is 0 Å². The summed E-state index contributed by atoms with van der Waals surface area (Å²) in [5, 5.41) is 0.822. The lowest BCUT2D eigenvalue weighted by atomic mass is 9.79. The van der Waals surface area contributed by atoms with Crippen LogP contribution < -0.4 is 9.64 Å². The minimum atomic E-state index is 0.822. The number of hydrogen-bond donors (Lipinski definition) is 0. The van der Waals surface area contributed by atoms with Gasteiger partial charge in [0, 0.05) is 32.2 Å². The smallest absolute Gasteiger partial charge is 0.121 e. The molecule has 1 heterocycles. The molecule has 1 aliphatic heterocycles. The summed E-state index contributed by atoms with van der Waals surface area (Å²) < 4.78 is 5.35. The first-order valence-corrected chi connectivity index (χ1v) is 10.9. The Morgan fingerprint density at radius 2 is 1.65 bits per heavy atom. The first kappa shape index (κ1) is 19.8. The van der Waals surface area contributed by atoms with Crippen LogP contribution in [0.5, 0.6) is 5.75 Å². The number of anilines is 1. The molecule has 1 aromatic rings. The van der Waals surface area contributed by atoms with Crippen LogP contribution in [0.15, 0.2) is 18.2 Å². The third kappa shape index (κ3) is 5.29. The van der Waals surface area contributed by atoms with E-state index in [4.69, 9.17) is 16.3 Å². The van der Waals surface area contributed by atoms with Gasteiger partial charge >= 0.3 is 0 Å². The molecule has 0 atom stereocenters. The number of methoxy groups -OCH3 is 1. The van der Waals surface area contributed by atoms with Crippen molar-refractivity contribution in [2.24, 2.45) is 11.8 Å². The maximum absolute atomic E-state index is 6.41. The average molecular weight is 379 g/mol. The predicted molar refractivity (Wildman–Crippen MR) is 112 cm³/mol. The summed E-state index contributed by atoms with van der Waals surface area (Å²) >= 11 is 6.41. The number of benzene rings is 1. The minimum absolute atomic E-state index is 0.822. The van der Waals surface area contributed by atoms with Crippen LogP contribution in [-0.2, 0) is 0 Å². The van der Waals surface area contributed by atoms with Gasteiger partial charge in [-0.1, -0.05) is 57.0 Å². The summed E-state index contributed by atoms with van der Waals surface area (Å²) in [5.41, 5.74) is 1.11. The standard InChI is InChI=1S/C22H35ClN2O/c1-3-4-18-5-7-19(8-6-18)11-12-24-13-15-25(16-14-24)22-17-20(26-2)9-10-21(22)23/h9-10,17-19H,3-8,11-16H2,1-2H3. The van der Waals surface area contributed by atoms with E-state index in [-0.39, 0.29) is 0 Å². The number of rotatable bonds is 7. The molecule has 0 amide bonds. The summed E-state index contributed by atoms with van der Waals surface area (Å²) in [6.07, 6.45) is 10.1. The van der Waals surface area contributed by atoms with Crippen LogP contribution in [0.4, 0.5) is 5.69 Å². The number of nitrogens with zero attached hydrogens (tertiary/aromatic N) is 2. The molecule has 1 aliphatic carbocycles. The number of halogens is 1. The monoisotopic (exact) mass is 378 g/mol. The largest absolute Gasteiger partial charge is 0.497 e. The SMILES string of the molecule is CCCC1CCC(CCN2CCN(c3cc(OC)ccc3Cl)CC2)CC1. The maximum atomic E-state index is 6.41. The lowest BCUT2D eigenvalue weighted by Gasteiger charge is -2.37. The Labute approximate surface area is 164 Å². The quantitative estimate of drug-likeness (QED) is 0.625. The fourth-order valence-corrected chi connectivity index (χ4v) is 4.89. The minimum Gasteiger partial charge on any atom is -0.497 e. The van der Waals surface area contributed by atoms with Crippen LogP contribution in [0, 0.1) is 11.8 Å². The van der Waals surface area contributed by atoms with E-state index in [0.29, 0.717) is 0 Å². The molecule has 0 spiro atoms. The Hall–Kier alpha value is -0.930. The Morgan fingerprint density at radius 1 is 1.00 bits per heavy atom. The highest BCUT2D eigenvalue weighted by Crippen LogP contribution is 2.34. The summed E-state index contributed by atoms with van der Waals surface area (Å²) in [5.74, 6) is 2.87. The Morgan fingerprint density at radius 3 is 2.27 bits per heavy atom. The predicted octanol–water partition coefficient (Wildman–Crippen LogP) is 5.47. The highest BCUT2D eigenvalue weighted by Gasteiger charge is 2.23. The molecule has 1 aromatic carbocycles. The molecule has 0 aromatic heterocycles. The van der Waals surface area contributed by atoms with Gasteiger partial charge in [-0.05, 0) is 36.9 Å². The Kier molecular flexibility index (Phi) is 7.51. The van der Waals surface area contributed by atoms with Crippen LogP contribution in [0.3, 0.4) is 0 Å². The number of ether oxygens (including phenoxy) is 1. The first-order chi connectivity index (χ1) is 12.7. The van der Waals surface area contributed by atoms with E-state index in [2.05, 4.69) is 22.8 Å². The topological polar surface area (TPSA) is 15.7 Å². The molecule has 2 aliphatic rings. The second-order valence-corrected chi connectivity index (χ2v) is 8.52.